The molecule has 0 bridgehead atoms. The summed E-state index contributed by atoms with van der Waals surface area (Å²) < 4.78 is 33.0. The van der Waals surface area contributed by atoms with E-state index < -0.39 is 11.6 Å². The summed E-state index contributed by atoms with van der Waals surface area (Å²) in [5.74, 6) is -1.13. The van der Waals surface area contributed by atoms with Gasteiger partial charge in [0.25, 0.3) is 0 Å². The predicted octanol–water partition coefficient (Wildman–Crippen LogP) is 5.12. The van der Waals surface area contributed by atoms with E-state index in [4.69, 9.17) is 11.6 Å². The second kappa shape index (κ2) is 7.90. The number of rotatable bonds is 3. The average Bonchev–Trinajstić information content (AvgIpc) is 3.17. The van der Waals surface area contributed by atoms with Gasteiger partial charge >= 0.3 is 0 Å². The molecule has 0 aliphatic carbocycles. The highest BCUT2D eigenvalue weighted by Gasteiger charge is 2.32. The number of nitrogens with one attached hydrogen (secondary N) is 1. The minimum Gasteiger partial charge on any atom is -0.364 e. The number of aromatic nitrogens is 2. The van der Waals surface area contributed by atoms with E-state index in [2.05, 4.69) is 16.9 Å². The molecule has 5 nitrogen and oxygen atoms in total. The van der Waals surface area contributed by atoms with E-state index in [0.717, 1.165) is 11.0 Å². The molecular weight excluding hydrogens is 432 g/mol. The van der Waals surface area contributed by atoms with Crippen molar-refractivity contribution in [2.45, 2.75) is 19.9 Å². The van der Waals surface area contributed by atoms with Crippen molar-refractivity contribution in [3.63, 3.8) is 0 Å². The van der Waals surface area contributed by atoms with Crippen LogP contribution in [0.5, 0.6) is 0 Å². The van der Waals surface area contributed by atoms with Gasteiger partial charge in [0.1, 0.15) is 17.8 Å². The van der Waals surface area contributed by atoms with E-state index in [9.17, 15) is 0 Å². The third-order valence-corrected chi connectivity index (χ3v) is 6.40. The van der Waals surface area contributed by atoms with Crippen LogP contribution in [-0.2, 0) is 0 Å². The van der Waals surface area contributed by atoms with Crippen LogP contribution in [0.25, 0.3) is 22.3 Å². The summed E-state index contributed by atoms with van der Waals surface area (Å²) in [5.41, 5.74) is 3.63. The highest BCUT2D eigenvalue weighted by Crippen LogP contribution is 2.44. The first kappa shape index (κ1) is 21.0. The van der Waals surface area contributed by atoms with Gasteiger partial charge in [0.05, 0.1) is 22.4 Å². The van der Waals surface area contributed by atoms with E-state index in [1.54, 1.807) is 22.2 Å². The zero-order valence-corrected chi connectivity index (χ0v) is 18.8. The van der Waals surface area contributed by atoms with Crippen molar-refractivity contribution in [1.82, 2.24) is 14.9 Å². The van der Waals surface area contributed by atoms with Gasteiger partial charge in [-0.25, -0.2) is 13.8 Å². The normalized spacial score (nSPS) is 18.8. The van der Waals surface area contributed by atoms with Gasteiger partial charge in [-0.1, -0.05) is 18.2 Å². The Hall–Kier alpha value is -2.90. The van der Waals surface area contributed by atoms with Crippen LogP contribution >= 0.6 is 11.6 Å². The van der Waals surface area contributed by atoms with Crippen LogP contribution < -0.4 is 15.1 Å². The van der Waals surface area contributed by atoms with Gasteiger partial charge < -0.3 is 15.1 Å². The van der Waals surface area contributed by atoms with Crippen LogP contribution in [0, 0.1) is 11.6 Å². The first-order valence-electron chi connectivity index (χ1n) is 10.7. The third-order valence-electron chi connectivity index (χ3n) is 6.16. The largest absolute Gasteiger partial charge is 0.364 e. The molecule has 1 N–H and O–H groups in total. The zero-order valence-electron chi connectivity index (χ0n) is 18.0. The summed E-state index contributed by atoms with van der Waals surface area (Å²) in [6.07, 6.45) is 3.53. The topological polar surface area (TPSA) is 36.3 Å². The summed E-state index contributed by atoms with van der Waals surface area (Å²) in [7, 11) is 0. The van der Waals surface area contributed by atoms with Crippen LogP contribution in [0.15, 0.2) is 43.4 Å². The maximum Gasteiger partial charge on any atom is 0.173 e. The molecule has 5 rings (SSSR count). The van der Waals surface area contributed by atoms with Crippen LogP contribution in [-0.4, -0.2) is 41.8 Å². The molecule has 0 radical (unpaired) electrons. The van der Waals surface area contributed by atoms with E-state index in [-0.39, 0.29) is 11.7 Å². The number of nitrogens with zero attached hydrogens (tertiary/aromatic N) is 4. The molecule has 0 saturated carbocycles. The number of benzene rings is 2. The van der Waals surface area contributed by atoms with Crippen molar-refractivity contribution in [3.05, 3.63) is 65.6 Å². The summed E-state index contributed by atoms with van der Waals surface area (Å²) in [4.78, 5) is 8.03. The van der Waals surface area contributed by atoms with Crippen LogP contribution in [0.3, 0.4) is 0 Å². The van der Waals surface area contributed by atoms with E-state index in [0.29, 0.717) is 53.7 Å². The fourth-order valence-electron chi connectivity index (χ4n) is 4.59. The Labute approximate surface area is 190 Å². The Kier molecular flexibility index (Phi) is 5.18. The Morgan fingerprint density at radius 2 is 2.06 bits per heavy atom. The van der Waals surface area contributed by atoms with Gasteiger partial charge in [-0.3, -0.25) is 4.57 Å². The van der Waals surface area contributed by atoms with Crippen LogP contribution in [0.1, 0.15) is 19.4 Å². The minimum atomic E-state index is -0.577. The number of imidazole rings is 1. The highest BCUT2D eigenvalue weighted by atomic mass is 35.5. The summed E-state index contributed by atoms with van der Waals surface area (Å²) >= 11 is 6.20. The maximum absolute atomic E-state index is 15.9. The number of allylic oxidation sites excluding steroid dienone is 2. The molecule has 1 saturated heterocycles. The molecule has 1 aromatic heterocycles. The lowest BCUT2D eigenvalue weighted by atomic mass is 9.96. The smallest absolute Gasteiger partial charge is 0.173 e. The summed E-state index contributed by atoms with van der Waals surface area (Å²) in [6, 6.07) is 7.00. The van der Waals surface area contributed by atoms with Gasteiger partial charge in [0.15, 0.2) is 5.82 Å². The predicted molar refractivity (Wildman–Crippen MR) is 127 cm³/mol. The number of hydrogen-bond acceptors (Lipinski definition) is 4. The van der Waals surface area contributed by atoms with Gasteiger partial charge in [-0.2, -0.15) is 0 Å². The molecule has 2 aliphatic heterocycles. The van der Waals surface area contributed by atoms with Crippen LogP contribution in [0.4, 0.5) is 20.2 Å². The van der Waals surface area contributed by atoms with Crippen molar-refractivity contribution in [1.29, 1.82) is 0 Å². The molecule has 32 heavy (non-hydrogen) atoms. The fraction of sp³-hybridized carbons (Fsp3) is 0.292. The van der Waals surface area contributed by atoms with Gasteiger partial charge in [-0.15, -0.1) is 0 Å². The number of anilines is 2. The third kappa shape index (κ3) is 3.27. The Bertz CT molecular complexity index is 1260. The van der Waals surface area contributed by atoms with Crippen molar-refractivity contribution < 1.29 is 8.78 Å². The lowest BCUT2D eigenvalue weighted by molar-refractivity contribution is 0.470. The van der Waals surface area contributed by atoms with Crippen molar-refractivity contribution in [2.24, 2.45) is 0 Å². The molecule has 0 spiro atoms. The first-order valence-corrected chi connectivity index (χ1v) is 11.1. The molecule has 2 aliphatic rings. The molecular formula is C24H24ClF2N5. The Balaban J connectivity index is 1.64. The zero-order chi connectivity index (χ0) is 22.6. The number of piperazine rings is 1. The monoisotopic (exact) mass is 455 g/mol. The summed E-state index contributed by atoms with van der Waals surface area (Å²) in [6.45, 7) is 10.4. The Morgan fingerprint density at radius 1 is 1.25 bits per heavy atom. The first-order chi connectivity index (χ1) is 15.4. The molecule has 3 aromatic rings. The molecule has 166 valence electrons. The van der Waals surface area contributed by atoms with Gasteiger partial charge in [0, 0.05) is 54.6 Å². The SMILES string of the molecule is C=C1C(n2cnc3ccc(Cl)cc32)=CN(CC)c2c1cc(F)c(N1CCNC(C)C1)c2F. The number of halogens is 3. The molecule has 8 heteroatoms. The van der Waals surface area contributed by atoms with Crippen molar-refractivity contribution in [2.75, 3.05) is 36.0 Å². The van der Waals surface area contributed by atoms with Crippen LogP contribution in [0.2, 0.25) is 5.02 Å². The second-order valence-electron chi connectivity index (χ2n) is 8.24. The molecule has 3 heterocycles. The number of hydrogen-bond donors (Lipinski definition) is 1. The molecule has 1 fully saturated rings. The lowest BCUT2D eigenvalue weighted by Crippen LogP contribution is -2.50. The molecule has 0 amide bonds. The molecule has 1 unspecified atom stereocenters. The quantitative estimate of drug-likeness (QED) is 0.595. The fourth-order valence-corrected chi connectivity index (χ4v) is 4.76. The van der Waals surface area contributed by atoms with Crippen molar-refractivity contribution >= 4 is 45.3 Å². The second-order valence-corrected chi connectivity index (χ2v) is 8.68. The summed E-state index contributed by atoms with van der Waals surface area (Å²) in [5, 5.41) is 3.90. The maximum atomic E-state index is 15.9. The molecule has 1 atom stereocenters. The van der Waals surface area contributed by atoms with Crippen molar-refractivity contribution in [3.8, 4) is 0 Å². The van der Waals surface area contributed by atoms with E-state index >= 15 is 8.78 Å². The standard InChI is InChI=1S/C24H24ClF2N5/c1-4-30-12-21(32-13-29-19-6-5-16(25)9-20(19)32)15(3)17-10-18(26)24(22(27)23(17)30)31-8-7-28-14(2)11-31/h5-6,9-10,12-14,28H,3-4,7-8,11H2,1-2H3. The van der Waals surface area contributed by atoms with Gasteiger partial charge in [-0.05, 0) is 38.1 Å². The van der Waals surface area contributed by atoms with E-state index in [1.165, 1.54) is 6.07 Å². The highest BCUT2D eigenvalue weighted by molar-refractivity contribution is 6.31. The minimum absolute atomic E-state index is 0.0278. The van der Waals surface area contributed by atoms with Gasteiger partial charge in [0.2, 0.25) is 0 Å². The van der Waals surface area contributed by atoms with E-state index in [1.807, 2.05) is 36.7 Å². The molecule has 2 aromatic carbocycles. The number of fused-ring (bicyclic) bond motifs is 2. The average molecular weight is 456 g/mol. The Morgan fingerprint density at radius 3 is 2.81 bits per heavy atom. The lowest BCUT2D eigenvalue weighted by Gasteiger charge is -2.36.